The minimum Gasteiger partial charge on any atom is -0.496 e. The zero-order valence-electron chi connectivity index (χ0n) is 11.2. The van der Waals surface area contributed by atoms with Crippen molar-refractivity contribution in [3.8, 4) is 16.9 Å². The maximum Gasteiger partial charge on any atom is 0.124 e. The van der Waals surface area contributed by atoms with Crippen LogP contribution in [0.15, 0.2) is 36.4 Å². The van der Waals surface area contributed by atoms with E-state index in [4.69, 9.17) is 10.5 Å². The first-order valence-electron chi connectivity index (χ1n) is 6.10. The molecule has 2 nitrogen and oxygen atoms in total. The largest absolute Gasteiger partial charge is 0.496 e. The van der Waals surface area contributed by atoms with Crippen molar-refractivity contribution in [1.29, 1.82) is 0 Å². The van der Waals surface area contributed by atoms with Gasteiger partial charge in [-0.1, -0.05) is 18.2 Å². The smallest absolute Gasteiger partial charge is 0.124 e. The van der Waals surface area contributed by atoms with Crippen molar-refractivity contribution in [2.75, 3.05) is 7.11 Å². The molecular weight excluding hydrogens is 222 g/mol. The van der Waals surface area contributed by atoms with Gasteiger partial charge in [-0.3, -0.25) is 0 Å². The Kier molecular flexibility index (Phi) is 3.68. The summed E-state index contributed by atoms with van der Waals surface area (Å²) in [6.45, 7) is 4.71. The van der Waals surface area contributed by atoms with Gasteiger partial charge in [-0.2, -0.15) is 0 Å². The Morgan fingerprint density at radius 1 is 1.00 bits per heavy atom. The van der Waals surface area contributed by atoms with E-state index in [0.29, 0.717) is 6.54 Å². The molecule has 0 aliphatic heterocycles. The summed E-state index contributed by atoms with van der Waals surface area (Å²) < 4.78 is 5.39. The topological polar surface area (TPSA) is 35.2 Å². The molecule has 0 radical (unpaired) electrons. The molecule has 0 heterocycles. The van der Waals surface area contributed by atoms with E-state index in [0.717, 1.165) is 22.4 Å². The van der Waals surface area contributed by atoms with Gasteiger partial charge in [0.15, 0.2) is 0 Å². The zero-order valence-corrected chi connectivity index (χ0v) is 11.2. The molecule has 0 unspecified atom stereocenters. The van der Waals surface area contributed by atoms with Crippen molar-refractivity contribution in [3.05, 3.63) is 53.1 Å². The lowest BCUT2D eigenvalue weighted by Gasteiger charge is -2.12. The van der Waals surface area contributed by atoms with E-state index in [1.807, 2.05) is 12.1 Å². The van der Waals surface area contributed by atoms with E-state index in [2.05, 4.69) is 38.1 Å². The van der Waals surface area contributed by atoms with Crippen molar-refractivity contribution < 1.29 is 4.74 Å². The number of hydrogen-bond acceptors (Lipinski definition) is 2. The molecule has 2 aromatic carbocycles. The number of ether oxygens (including phenoxy) is 1. The summed E-state index contributed by atoms with van der Waals surface area (Å²) >= 11 is 0. The summed E-state index contributed by atoms with van der Waals surface area (Å²) in [5.41, 5.74) is 11.6. The van der Waals surface area contributed by atoms with Crippen molar-refractivity contribution in [3.63, 3.8) is 0 Å². The molecule has 0 fully saturated rings. The van der Waals surface area contributed by atoms with Crippen LogP contribution in [0.5, 0.6) is 5.75 Å². The SMILES string of the molecule is COc1c(C)cc(-c2cccc(CN)c2)cc1C. The van der Waals surface area contributed by atoms with Crippen molar-refractivity contribution >= 4 is 0 Å². The van der Waals surface area contributed by atoms with Gasteiger partial charge in [0, 0.05) is 6.54 Å². The van der Waals surface area contributed by atoms with Gasteiger partial charge in [-0.05, 0) is 59.9 Å². The van der Waals surface area contributed by atoms with Crippen molar-refractivity contribution in [1.82, 2.24) is 0 Å². The summed E-state index contributed by atoms with van der Waals surface area (Å²) in [6.07, 6.45) is 0. The second-order valence-corrected chi connectivity index (χ2v) is 4.55. The Bertz CT molecular complexity index is 538. The van der Waals surface area contributed by atoms with Gasteiger partial charge in [0.05, 0.1) is 7.11 Å². The van der Waals surface area contributed by atoms with Crippen molar-refractivity contribution in [2.24, 2.45) is 5.73 Å². The number of aryl methyl sites for hydroxylation is 2. The van der Waals surface area contributed by atoms with Gasteiger partial charge in [-0.15, -0.1) is 0 Å². The minimum absolute atomic E-state index is 0.571. The number of methoxy groups -OCH3 is 1. The summed E-state index contributed by atoms with van der Waals surface area (Å²) in [4.78, 5) is 0. The molecule has 0 aliphatic carbocycles. The third kappa shape index (κ3) is 2.39. The molecule has 0 aliphatic rings. The second kappa shape index (κ2) is 5.23. The van der Waals surface area contributed by atoms with E-state index in [1.54, 1.807) is 7.11 Å². The van der Waals surface area contributed by atoms with Gasteiger partial charge < -0.3 is 10.5 Å². The maximum absolute atomic E-state index is 5.68. The molecule has 2 aromatic rings. The fourth-order valence-corrected chi connectivity index (χ4v) is 2.32. The Labute approximate surface area is 108 Å². The lowest BCUT2D eigenvalue weighted by molar-refractivity contribution is 0.408. The molecule has 0 spiro atoms. The molecule has 18 heavy (non-hydrogen) atoms. The summed E-state index contributed by atoms with van der Waals surface area (Å²) in [6, 6.07) is 12.7. The Morgan fingerprint density at radius 3 is 2.22 bits per heavy atom. The average Bonchev–Trinajstić information content (AvgIpc) is 2.38. The minimum atomic E-state index is 0.571. The Balaban J connectivity index is 2.51. The molecule has 2 rings (SSSR count). The highest BCUT2D eigenvalue weighted by atomic mass is 16.5. The van der Waals surface area contributed by atoms with Crippen LogP contribution in [0.25, 0.3) is 11.1 Å². The summed E-state index contributed by atoms with van der Waals surface area (Å²) in [7, 11) is 1.71. The number of rotatable bonds is 3. The van der Waals surface area contributed by atoms with Crippen LogP contribution in [0.1, 0.15) is 16.7 Å². The number of hydrogen-bond donors (Lipinski definition) is 1. The predicted molar refractivity (Wildman–Crippen MR) is 75.8 cm³/mol. The zero-order chi connectivity index (χ0) is 13.1. The third-order valence-corrected chi connectivity index (χ3v) is 3.16. The monoisotopic (exact) mass is 241 g/mol. The van der Waals surface area contributed by atoms with Gasteiger partial charge in [0.2, 0.25) is 0 Å². The highest BCUT2D eigenvalue weighted by Crippen LogP contribution is 2.30. The fraction of sp³-hybridized carbons (Fsp3) is 0.250. The normalized spacial score (nSPS) is 10.4. The summed E-state index contributed by atoms with van der Waals surface area (Å²) in [5.74, 6) is 0.966. The molecular formula is C16H19NO. The van der Waals surface area contributed by atoms with Crippen LogP contribution < -0.4 is 10.5 Å². The summed E-state index contributed by atoms with van der Waals surface area (Å²) in [5, 5.41) is 0. The van der Waals surface area contributed by atoms with Crippen LogP contribution >= 0.6 is 0 Å². The van der Waals surface area contributed by atoms with Gasteiger partial charge in [0.1, 0.15) is 5.75 Å². The number of benzene rings is 2. The van der Waals surface area contributed by atoms with E-state index >= 15 is 0 Å². The van der Waals surface area contributed by atoms with Crippen LogP contribution in [0.3, 0.4) is 0 Å². The van der Waals surface area contributed by atoms with Crippen LogP contribution in [0.4, 0.5) is 0 Å². The van der Waals surface area contributed by atoms with Crippen molar-refractivity contribution in [2.45, 2.75) is 20.4 Å². The third-order valence-electron chi connectivity index (χ3n) is 3.16. The molecule has 0 aromatic heterocycles. The van der Waals surface area contributed by atoms with Gasteiger partial charge >= 0.3 is 0 Å². The van der Waals surface area contributed by atoms with E-state index < -0.39 is 0 Å². The quantitative estimate of drug-likeness (QED) is 0.893. The first kappa shape index (κ1) is 12.7. The molecule has 0 amide bonds. The lowest BCUT2D eigenvalue weighted by Crippen LogP contribution is -1.96. The standard InChI is InChI=1S/C16H19NO/c1-11-7-15(8-12(2)16(11)18-3)14-6-4-5-13(9-14)10-17/h4-9H,10,17H2,1-3H3. The average molecular weight is 241 g/mol. The van der Waals surface area contributed by atoms with Crippen LogP contribution in [0.2, 0.25) is 0 Å². The maximum atomic E-state index is 5.68. The van der Waals surface area contributed by atoms with Crippen LogP contribution in [-0.2, 0) is 6.54 Å². The first-order chi connectivity index (χ1) is 8.65. The highest BCUT2D eigenvalue weighted by molar-refractivity contribution is 5.68. The molecule has 0 saturated heterocycles. The molecule has 2 N–H and O–H groups in total. The van der Waals surface area contributed by atoms with E-state index in [9.17, 15) is 0 Å². The Hall–Kier alpha value is -1.80. The number of nitrogens with two attached hydrogens (primary N) is 1. The lowest BCUT2D eigenvalue weighted by atomic mass is 9.98. The van der Waals surface area contributed by atoms with Crippen LogP contribution in [-0.4, -0.2) is 7.11 Å². The van der Waals surface area contributed by atoms with E-state index in [1.165, 1.54) is 11.1 Å². The molecule has 2 heteroatoms. The van der Waals surface area contributed by atoms with Gasteiger partial charge in [0.25, 0.3) is 0 Å². The molecule has 0 saturated carbocycles. The van der Waals surface area contributed by atoms with Crippen LogP contribution in [0, 0.1) is 13.8 Å². The highest BCUT2D eigenvalue weighted by Gasteiger charge is 2.07. The fourth-order valence-electron chi connectivity index (χ4n) is 2.32. The first-order valence-corrected chi connectivity index (χ1v) is 6.10. The van der Waals surface area contributed by atoms with E-state index in [-0.39, 0.29) is 0 Å². The predicted octanol–water partition coefficient (Wildman–Crippen LogP) is 3.44. The molecule has 0 bridgehead atoms. The molecule has 0 atom stereocenters. The van der Waals surface area contributed by atoms with Gasteiger partial charge in [-0.25, -0.2) is 0 Å². The Morgan fingerprint density at radius 2 is 1.67 bits per heavy atom. The second-order valence-electron chi connectivity index (χ2n) is 4.55. The molecule has 94 valence electrons.